The molecule has 0 radical (unpaired) electrons. The fourth-order valence-corrected chi connectivity index (χ4v) is 2.90. The molecule has 0 fully saturated rings. The second kappa shape index (κ2) is 7.96. The van der Waals surface area contributed by atoms with Crippen LogP contribution in [-0.4, -0.2) is 17.7 Å². The Balaban J connectivity index is 1.30. The summed E-state index contributed by atoms with van der Waals surface area (Å²) in [6.07, 6.45) is 0. The van der Waals surface area contributed by atoms with Gasteiger partial charge >= 0.3 is 0 Å². The molecule has 1 heterocycles. The van der Waals surface area contributed by atoms with E-state index in [-0.39, 0.29) is 19.1 Å². The van der Waals surface area contributed by atoms with E-state index >= 15 is 0 Å². The number of rotatable bonds is 6. The summed E-state index contributed by atoms with van der Waals surface area (Å²) in [4.78, 5) is 12.1. The minimum Gasteiger partial charge on any atom is -0.484 e. The lowest BCUT2D eigenvalue weighted by Crippen LogP contribution is -2.28. The number of aryl methyl sites for hydroxylation is 1. The van der Waals surface area contributed by atoms with Gasteiger partial charge in [-0.15, -0.1) is 0 Å². The average Bonchev–Trinajstić information content (AvgIpc) is 3.20. The van der Waals surface area contributed by atoms with Crippen molar-refractivity contribution in [1.82, 2.24) is 10.5 Å². The Morgan fingerprint density at radius 1 is 1.00 bits per heavy atom. The highest BCUT2D eigenvalue weighted by molar-refractivity contribution is 5.84. The van der Waals surface area contributed by atoms with Crippen molar-refractivity contribution in [3.05, 3.63) is 84.1 Å². The first kappa shape index (κ1) is 17.8. The molecule has 1 N–H and O–H groups in total. The maximum atomic E-state index is 12.1. The molecule has 0 spiro atoms. The van der Waals surface area contributed by atoms with E-state index in [1.807, 2.05) is 79.7 Å². The molecule has 0 aliphatic rings. The molecule has 28 heavy (non-hydrogen) atoms. The number of amides is 1. The molecule has 5 nitrogen and oxygen atoms in total. The first-order chi connectivity index (χ1) is 13.7. The molecule has 0 saturated carbocycles. The van der Waals surface area contributed by atoms with Gasteiger partial charge in [-0.25, -0.2) is 0 Å². The van der Waals surface area contributed by atoms with Crippen LogP contribution in [-0.2, 0) is 11.3 Å². The Kier molecular flexibility index (Phi) is 5.06. The zero-order valence-corrected chi connectivity index (χ0v) is 15.5. The maximum absolute atomic E-state index is 12.1. The zero-order chi connectivity index (χ0) is 19.3. The molecule has 3 aromatic carbocycles. The predicted molar refractivity (Wildman–Crippen MR) is 108 cm³/mol. The van der Waals surface area contributed by atoms with E-state index in [0.717, 1.165) is 16.3 Å². The summed E-state index contributed by atoms with van der Waals surface area (Å²) in [5.41, 5.74) is 2.80. The van der Waals surface area contributed by atoms with Crippen LogP contribution in [0.1, 0.15) is 11.3 Å². The summed E-state index contributed by atoms with van der Waals surface area (Å²) in [7, 11) is 0. The van der Waals surface area contributed by atoms with Gasteiger partial charge in [-0.2, -0.15) is 0 Å². The van der Waals surface area contributed by atoms with E-state index in [1.54, 1.807) is 0 Å². The number of nitrogens with zero attached hydrogens (tertiary/aromatic N) is 1. The summed E-state index contributed by atoms with van der Waals surface area (Å²) in [6, 6.07) is 23.6. The lowest BCUT2D eigenvalue weighted by molar-refractivity contribution is -0.123. The average molecular weight is 372 g/mol. The number of hydrogen-bond acceptors (Lipinski definition) is 4. The number of ether oxygens (including phenoxy) is 1. The second-order valence-electron chi connectivity index (χ2n) is 6.62. The van der Waals surface area contributed by atoms with Gasteiger partial charge in [0.05, 0.1) is 6.54 Å². The van der Waals surface area contributed by atoms with Crippen molar-refractivity contribution < 1.29 is 14.1 Å². The standard InChI is InChI=1S/C23H20N2O3/c1-16-6-8-18(9-7-16)22-13-20(25-28-22)14-24-23(26)15-27-21-11-10-17-4-2-3-5-19(17)12-21/h2-13H,14-15H2,1H3,(H,24,26). The third kappa shape index (κ3) is 4.20. The van der Waals surface area contributed by atoms with Crippen molar-refractivity contribution in [2.75, 3.05) is 6.61 Å². The molecule has 5 heteroatoms. The molecule has 0 atom stereocenters. The number of carbonyl (C=O) groups is 1. The SMILES string of the molecule is Cc1ccc(-c2cc(CNC(=O)COc3ccc4ccccc4c3)no2)cc1. The van der Waals surface area contributed by atoms with Gasteiger partial charge in [0.2, 0.25) is 0 Å². The van der Waals surface area contributed by atoms with E-state index in [4.69, 9.17) is 9.26 Å². The molecular formula is C23H20N2O3. The number of benzene rings is 3. The van der Waals surface area contributed by atoms with Gasteiger partial charge in [-0.05, 0) is 29.8 Å². The van der Waals surface area contributed by atoms with E-state index in [1.165, 1.54) is 5.56 Å². The number of fused-ring (bicyclic) bond motifs is 1. The Hall–Kier alpha value is -3.60. The van der Waals surface area contributed by atoms with Crippen molar-refractivity contribution in [3.8, 4) is 17.1 Å². The molecule has 0 aliphatic carbocycles. The number of aromatic nitrogens is 1. The monoisotopic (exact) mass is 372 g/mol. The summed E-state index contributed by atoms with van der Waals surface area (Å²) < 4.78 is 11.0. The van der Waals surface area contributed by atoms with Crippen LogP contribution in [0.25, 0.3) is 22.1 Å². The molecule has 0 bridgehead atoms. The summed E-state index contributed by atoms with van der Waals surface area (Å²) in [5, 5.41) is 9.01. The predicted octanol–water partition coefficient (Wildman–Crippen LogP) is 4.50. The molecule has 1 aromatic heterocycles. The first-order valence-electron chi connectivity index (χ1n) is 9.08. The van der Waals surface area contributed by atoms with Gasteiger partial charge in [-0.1, -0.05) is 65.3 Å². The van der Waals surface area contributed by atoms with Crippen LogP contribution in [0.3, 0.4) is 0 Å². The number of nitrogens with one attached hydrogen (secondary N) is 1. The fourth-order valence-electron chi connectivity index (χ4n) is 2.90. The molecule has 140 valence electrons. The zero-order valence-electron chi connectivity index (χ0n) is 15.5. The molecule has 1 amide bonds. The van der Waals surface area contributed by atoms with Crippen LogP contribution < -0.4 is 10.1 Å². The number of carbonyl (C=O) groups excluding carboxylic acids is 1. The van der Waals surface area contributed by atoms with Crippen LogP contribution in [0.2, 0.25) is 0 Å². The largest absolute Gasteiger partial charge is 0.484 e. The van der Waals surface area contributed by atoms with Gasteiger partial charge in [0, 0.05) is 11.6 Å². The topological polar surface area (TPSA) is 64.4 Å². The molecule has 4 aromatic rings. The summed E-state index contributed by atoms with van der Waals surface area (Å²) >= 11 is 0. The van der Waals surface area contributed by atoms with Crippen LogP contribution in [0.15, 0.2) is 77.3 Å². The van der Waals surface area contributed by atoms with Crippen LogP contribution in [0, 0.1) is 6.92 Å². The Morgan fingerprint density at radius 3 is 2.61 bits per heavy atom. The Morgan fingerprint density at radius 2 is 1.79 bits per heavy atom. The smallest absolute Gasteiger partial charge is 0.258 e. The molecule has 4 rings (SSSR count). The van der Waals surface area contributed by atoms with Gasteiger partial charge in [0.1, 0.15) is 11.4 Å². The van der Waals surface area contributed by atoms with E-state index in [9.17, 15) is 4.79 Å². The summed E-state index contributed by atoms with van der Waals surface area (Å²) in [5.74, 6) is 1.13. The molecule has 0 aliphatic heterocycles. The molecular weight excluding hydrogens is 352 g/mol. The highest BCUT2D eigenvalue weighted by atomic mass is 16.5. The maximum Gasteiger partial charge on any atom is 0.258 e. The highest BCUT2D eigenvalue weighted by Gasteiger charge is 2.09. The Bertz CT molecular complexity index is 1100. The van der Waals surface area contributed by atoms with Crippen LogP contribution in [0.4, 0.5) is 0 Å². The van der Waals surface area contributed by atoms with Crippen molar-refractivity contribution in [3.63, 3.8) is 0 Å². The minimum absolute atomic E-state index is 0.0546. The lowest BCUT2D eigenvalue weighted by Gasteiger charge is -2.07. The van der Waals surface area contributed by atoms with Gasteiger partial charge in [0.15, 0.2) is 12.4 Å². The quantitative estimate of drug-likeness (QED) is 0.541. The van der Waals surface area contributed by atoms with Crippen molar-refractivity contribution in [1.29, 1.82) is 0 Å². The van der Waals surface area contributed by atoms with Gasteiger partial charge in [0.25, 0.3) is 5.91 Å². The van der Waals surface area contributed by atoms with Crippen LogP contribution in [0.5, 0.6) is 5.75 Å². The first-order valence-corrected chi connectivity index (χ1v) is 9.08. The highest BCUT2D eigenvalue weighted by Crippen LogP contribution is 2.21. The number of hydrogen-bond donors (Lipinski definition) is 1. The normalized spacial score (nSPS) is 10.8. The van der Waals surface area contributed by atoms with E-state index in [0.29, 0.717) is 17.2 Å². The van der Waals surface area contributed by atoms with Crippen LogP contribution >= 0.6 is 0 Å². The van der Waals surface area contributed by atoms with E-state index < -0.39 is 0 Å². The van der Waals surface area contributed by atoms with Gasteiger partial charge < -0.3 is 14.6 Å². The van der Waals surface area contributed by atoms with E-state index in [2.05, 4.69) is 10.5 Å². The molecule has 0 saturated heterocycles. The van der Waals surface area contributed by atoms with Crippen molar-refractivity contribution in [2.24, 2.45) is 0 Å². The summed E-state index contributed by atoms with van der Waals surface area (Å²) in [6.45, 7) is 2.27. The Labute approximate surface area is 162 Å². The lowest BCUT2D eigenvalue weighted by atomic mass is 10.1. The molecule has 0 unspecified atom stereocenters. The fraction of sp³-hybridized carbons (Fsp3) is 0.130. The third-order valence-corrected chi connectivity index (χ3v) is 4.45. The van der Waals surface area contributed by atoms with Gasteiger partial charge in [-0.3, -0.25) is 4.79 Å². The minimum atomic E-state index is -0.215. The van der Waals surface area contributed by atoms with Crippen molar-refractivity contribution >= 4 is 16.7 Å². The second-order valence-corrected chi connectivity index (χ2v) is 6.62. The van der Waals surface area contributed by atoms with Crippen molar-refractivity contribution in [2.45, 2.75) is 13.5 Å². The third-order valence-electron chi connectivity index (χ3n) is 4.45.